The molecule has 0 unspecified atom stereocenters. The lowest BCUT2D eigenvalue weighted by Gasteiger charge is -2.43. The second kappa shape index (κ2) is 9.88. The van der Waals surface area contributed by atoms with Gasteiger partial charge in [-0.3, -0.25) is 14.8 Å². The number of aromatic nitrogens is 2. The van der Waals surface area contributed by atoms with Gasteiger partial charge in [0.05, 0.1) is 23.9 Å². The molecule has 1 atom stereocenters. The second-order valence-electron chi connectivity index (χ2n) is 9.02. The number of H-pyrrole nitrogens is 1. The number of piperidine rings is 2. The van der Waals surface area contributed by atoms with E-state index in [0.29, 0.717) is 18.6 Å². The first kappa shape index (κ1) is 21.3. The van der Waals surface area contributed by atoms with Crippen LogP contribution in [0.2, 0.25) is 0 Å². The van der Waals surface area contributed by atoms with Gasteiger partial charge < -0.3 is 9.80 Å². The summed E-state index contributed by atoms with van der Waals surface area (Å²) in [7, 11) is 1.93. The molecular weight excluding hydrogens is 350 g/mol. The molecule has 2 saturated heterocycles. The highest BCUT2D eigenvalue weighted by atomic mass is 16.2. The summed E-state index contributed by atoms with van der Waals surface area (Å²) in [6, 6.07) is 3.40. The zero-order chi connectivity index (χ0) is 20.1. The Morgan fingerprint density at radius 3 is 2.71 bits per heavy atom. The highest BCUT2D eigenvalue weighted by Crippen LogP contribution is 2.25. The minimum Gasteiger partial charge on any atom is -0.340 e. The number of hydrogen-bond acceptors (Lipinski definition) is 4. The van der Waals surface area contributed by atoms with Crippen molar-refractivity contribution in [1.29, 1.82) is 0 Å². The molecular formula is C22H39N5O. The Morgan fingerprint density at radius 1 is 1.29 bits per heavy atom. The van der Waals surface area contributed by atoms with Crippen molar-refractivity contribution in [3.63, 3.8) is 0 Å². The molecule has 1 aromatic rings. The summed E-state index contributed by atoms with van der Waals surface area (Å²) in [6.45, 7) is 11.8. The molecule has 1 amide bonds. The minimum atomic E-state index is 0.139. The monoisotopic (exact) mass is 389 g/mol. The Bertz CT molecular complexity index is 620. The number of likely N-dealkylation sites (tertiary alicyclic amines) is 2. The van der Waals surface area contributed by atoms with Crippen LogP contribution in [-0.4, -0.2) is 76.1 Å². The first-order valence-corrected chi connectivity index (χ1v) is 11.2. The van der Waals surface area contributed by atoms with Crippen molar-refractivity contribution in [2.75, 3.05) is 33.2 Å². The molecule has 2 fully saturated rings. The Hall–Kier alpha value is -1.40. The molecule has 1 aromatic heterocycles. The molecule has 28 heavy (non-hydrogen) atoms. The third-order valence-electron chi connectivity index (χ3n) is 6.52. The number of aromatic amines is 1. The van der Waals surface area contributed by atoms with Gasteiger partial charge in [0.15, 0.2) is 0 Å². The number of aryl methyl sites for hydroxylation is 1. The molecule has 0 aromatic carbocycles. The number of hydrogen-bond donors (Lipinski definition) is 1. The lowest BCUT2D eigenvalue weighted by molar-refractivity contribution is -0.137. The molecule has 2 aliphatic rings. The van der Waals surface area contributed by atoms with Gasteiger partial charge in [-0.15, -0.1) is 0 Å². The summed E-state index contributed by atoms with van der Waals surface area (Å²) in [4.78, 5) is 20.1. The van der Waals surface area contributed by atoms with Gasteiger partial charge in [-0.25, -0.2) is 0 Å². The standard InChI is InChI=1S/C22H39N5O/c1-5-7-19-14-20(24-23-19)16-25(4)22(28)18-8-6-11-27(15-18)21-9-12-26(13-10-21)17(2)3/h14,17-18,21H,5-13,15-16H2,1-4H3,(H,23,24)/t18-/m0/s1. The Morgan fingerprint density at radius 2 is 2.04 bits per heavy atom. The summed E-state index contributed by atoms with van der Waals surface area (Å²) < 4.78 is 0. The molecule has 0 bridgehead atoms. The summed E-state index contributed by atoms with van der Waals surface area (Å²) in [6.07, 6.45) is 6.72. The van der Waals surface area contributed by atoms with E-state index in [1.54, 1.807) is 0 Å². The molecule has 6 heteroatoms. The Labute approximate surface area is 170 Å². The summed E-state index contributed by atoms with van der Waals surface area (Å²) in [5.41, 5.74) is 2.13. The molecule has 2 aliphatic heterocycles. The average molecular weight is 390 g/mol. The summed E-state index contributed by atoms with van der Waals surface area (Å²) in [5, 5.41) is 7.44. The summed E-state index contributed by atoms with van der Waals surface area (Å²) in [5.74, 6) is 0.427. The number of carbonyl (C=O) groups is 1. The van der Waals surface area contributed by atoms with Gasteiger partial charge in [-0.05, 0) is 71.7 Å². The summed E-state index contributed by atoms with van der Waals surface area (Å²) >= 11 is 0. The van der Waals surface area contributed by atoms with Crippen molar-refractivity contribution in [2.24, 2.45) is 5.92 Å². The quantitative estimate of drug-likeness (QED) is 0.779. The van der Waals surface area contributed by atoms with Crippen molar-refractivity contribution in [1.82, 2.24) is 24.9 Å². The van der Waals surface area contributed by atoms with Gasteiger partial charge in [0.2, 0.25) is 5.91 Å². The topological polar surface area (TPSA) is 55.5 Å². The number of nitrogens with zero attached hydrogens (tertiary/aromatic N) is 4. The SMILES string of the molecule is CCCc1cc(CN(C)C(=O)[C@H]2CCCN(C3CCN(C(C)C)CC3)C2)[nH]n1. The fourth-order valence-electron chi connectivity index (χ4n) is 4.83. The number of amides is 1. The zero-order valence-corrected chi connectivity index (χ0v) is 18.3. The molecule has 3 rings (SSSR count). The fraction of sp³-hybridized carbons (Fsp3) is 0.818. The van der Waals surface area contributed by atoms with E-state index >= 15 is 0 Å². The van der Waals surface area contributed by atoms with Crippen LogP contribution >= 0.6 is 0 Å². The van der Waals surface area contributed by atoms with Crippen molar-refractivity contribution >= 4 is 5.91 Å². The van der Waals surface area contributed by atoms with E-state index in [2.05, 4.69) is 46.8 Å². The van der Waals surface area contributed by atoms with Gasteiger partial charge in [-0.1, -0.05) is 13.3 Å². The van der Waals surface area contributed by atoms with E-state index in [9.17, 15) is 4.79 Å². The van der Waals surface area contributed by atoms with E-state index in [4.69, 9.17) is 0 Å². The second-order valence-corrected chi connectivity index (χ2v) is 9.02. The van der Waals surface area contributed by atoms with Crippen LogP contribution in [-0.2, 0) is 17.8 Å². The zero-order valence-electron chi connectivity index (χ0n) is 18.3. The third kappa shape index (κ3) is 5.35. The first-order chi connectivity index (χ1) is 13.5. The van der Waals surface area contributed by atoms with Crippen molar-refractivity contribution < 1.29 is 4.79 Å². The maximum atomic E-state index is 13.1. The van der Waals surface area contributed by atoms with Gasteiger partial charge >= 0.3 is 0 Å². The normalized spacial score (nSPS) is 22.7. The number of nitrogens with one attached hydrogen (secondary N) is 1. The van der Waals surface area contributed by atoms with Crippen LogP contribution in [0.3, 0.4) is 0 Å². The van der Waals surface area contributed by atoms with Crippen LogP contribution in [0.1, 0.15) is 64.3 Å². The highest BCUT2D eigenvalue weighted by Gasteiger charge is 2.33. The van der Waals surface area contributed by atoms with Crippen molar-refractivity contribution in [2.45, 2.75) is 77.9 Å². The maximum Gasteiger partial charge on any atom is 0.227 e. The molecule has 158 valence electrons. The predicted octanol–water partition coefficient (Wildman–Crippen LogP) is 2.91. The first-order valence-electron chi connectivity index (χ1n) is 11.2. The Balaban J connectivity index is 1.50. The van der Waals surface area contributed by atoms with E-state index in [-0.39, 0.29) is 11.8 Å². The number of rotatable bonds is 7. The van der Waals surface area contributed by atoms with Gasteiger partial charge in [0.25, 0.3) is 0 Å². The van der Waals surface area contributed by atoms with E-state index in [1.807, 2.05) is 11.9 Å². The third-order valence-corrected chi connectivity index (χ3v) is 6.52. The predicted molar refractivity (Wildman–Crippen MR) is 113 cm³/mol. The van der Waals surface area contributed by atoms with Gasteiger partial charge in [-0.2, -0.15) is 5.10 Å². The fourth-order valence-corrected chi connectivity index (χ4v) is 4.83. The molecule has 3 heterocycles. The molecule has 6 nitrogen and oxygen atoms in total. The van der Waals surface area contributed by atoms with Crippen molar-refractivity contribution in [3.8, 4) is 0 Å². The highest BCUT2D eigenvalue weighted by molar-refractivity contribution is 5.78. The van der Waals surface area contributed by atoms with Crippen LogP contribution in [0.15, 0.2) is 6.07 Å². The van der Waals surface area contributed by atoms with Crippen molar-refractivity contribution in [3.05, 3.63) is 17.5 Å². The van der Waals surface area contributed by atoms with Crippen LogP contribution in [0.25, 0.3) is 0 Å². The Kier molecular flexibility index (Phi) is 7.52. The van der Waals surface area contributed by atoms with Crippen LogP contribution in [0, 0.1) is 5.92 Å². The molecule has 0 aliphatic carbocycles. The van der Waals surface area contributed by atoms with Crippen LogP contribution < -0.4 is 0 Å². The lowest BCUT2D eigenvalue weighted by Crippen LogP contribution is -2.51. The van der Waals surface area contributed by atoms with E-state index < -0.39 is 0 Å². The molecule has 0 saturated carbocycles. The lowest BCUT2D eigenvalue weighted by atomic mass is 9.92. The van der Waals surface area contributed by atoms with E-state index in [0.717, 1.165) is 50.2 Å². The van der Waals surface area contributed by atoms with Crippen LogP contribution in [0.5, 0.6) is 0 Å². The maximum absolute atomic E-state index is 13.1. The van der Waals surface area contributed by atoms with Crippen LogP contribution in [0.4, 0.5) is 0 Å². The number of carbonyl (C=O) groups excluding carboxylic acids is 1. The van der Waals surface area contributed by atoms with E-state index in [1.165, 1.54) is 25.9 Å². The minimum absolute atomic E-state index is 0.139. The van der Waals surface area contributed by atoms with Gasteiger partial charge in [0.1, 0.15) is 0 Å². The molecule has 1 N–H and O–H groups in total. The largest absolute Gasteiger partial charge is 0.340 e. The molecule has 0 radical (unpaired) electrons. The molecule has 0 spiro atoms. The average Bonchev–Trinajstić information content (AvgIpc) is 3.14. The smallest absolute Gasteiger partial charge is 0.227 e. The van der Waals surface area contributed by atoms with Gasteiger partial charge in [0, 0.05) is 25.7 Å².